The van der Waals surface area contributed by atoms with Gasteiger partial charge < -0.3 is 9.88 Å². The zero-order valence-corrected chi connectivity index (χ0v) is 12.4. The lowest BCUT2D eigenvalue weighted by atomic mass is 9.93. The van der Waals surface area contributed by atoms with Gasteiger partial charge in [0, 0.05) is 6.04 Å². The van der Waals surface area contributed by atoms with Gasteiger partial charge in [0.1, 0.15) is 11.6 Å². The molecule has 108 valence electrons. The predicted octanol–water partition coefficient (Wildman–Crippen LogP) is 3.75. The Labute approximate surface area is 119 Å². The smallest absolute Gasteiger partial charge is 0.130 e. The lowest BCUT2D eigenvalue weighted by Gasteiger charge is -2.29. The molecule has 1 fully saturated rings. The van der Waals surface area contributed by atoms with E-state index in [4.69, 9.17) is 4.98 Å². The van der Waals surface area contributed by atoms with Crippen molar-refractivity contribution in [2.45, 2.75) is 51.6 Å². The molecular formula is C16H22FN3. The molecule has 1 aliphatic rings. The molecule has 0 spiro atoms. The molecule has 0 saturated carbocycles. The number of aromatic nitrogens is 2. The van der Waals surface area contributed by atoms with Gasteiger partial charge in [-0.2, -0.15) is 0 Å². The second-order valence-electron chi connectivity index (χ2n) is 6.00. The first kappa shape index (κ1) is 13.6. The van der Waals surface area contributed by atoms with Gasteiger partial charge in [0.2, 0.25) is 0 Å². The lowest BCUT2D eigenvalue weighted by molar-refractivity contribution is 0.332. The standard InChI is InChI=1S/C16H22FN3/c1-4-16(8-5-9-18-16)15-19-13-7-6-12(17)10-14(13)20(15)11(2)3/h6-7,10-11,18H,4-5,8-9H2,1-3H3. The van der Waals surface area contributed by atoms with Crippen LogP contribution in [0.15, 0.2) is 18.2 Å². The number of benzene rings is 1. The summed E-state index contributed by atoms with van der Waals surface area (Å²) in [6.07, 6.45) is 3.27. The summed E-state index contributed by atoms with van der Waals surface area (Å²) >= 11 is 0. The van der Waals surface area contributed by atoms with Crippen LogP contribution in [-0.4, -0.2) is 16.1 Å². The van der Waals surface area contributed by atoms with Crippen LogP contribution in [0.5, 0.6) is 0 Å². The van der Waals surface area contributed by atoms with E-state index in [9.17, 15) is 4.39 Å². The van der Waals surface area contributed by atoms with E-state index >= 15 is 0 Å². The predicted molar refractivity (Wildman–Crippen MR) is 79.3 cm³/mol. The van der Waals surface area contributed by atoms with E-state index in [-0.39, 0.29) is 17.4 Å². The monoisotopic (exact) mass is 275 g/mol. The van der Waals surface area contributed by atoms with Crippen molar-refractivity contribution in [1.29, 1.82) is 0 Å². The van der Waals surface area contributed by atoms with E-state index in [0.717, 1.165) is 36.2 Å². The first-order chi connectivity index (χ1) is 9.57. The number of nitrogens with zero attached hydrogens (tertiary/aromatic N) is 2. The SMILES string of the molecule is CCC1(c2nc3ccc(F)cc3n2C(C)C)CCCN1. The molecule has 1 saturated heterocycles. The maximum Gasteiger partial charge on any atom is 0.130 e. The summed E-state index contributed by atoms with van der Waals surface area (Å²) < 4.78 is 15.8. The summed E-state index contributed by atoms with van der Waals surface area (Å²) in [5.74, 6) is 0.865. The highest BCUT2D eigenvalue weighted by Crippen LogP contribution is 2.36. The van der Waals surface area contributed by atoms with Crippen molar-refractivity contribution >= 4 is 11.0 Å². The molecule has 3 rings (SSSR count). The lowest BCUT2D eigenvalue weighted by Crippen LogP contribution is -2.39. The van der Waals surface area contributed by atoms with Crippen LogP contribution < -0.4 is 5.32 Å². The van der Waals surface area contributed by atoms with E-state index in [2.05, 4.69) is 30.7 Å². The largest absolute Gasteiger partial charge is 0.324 e. The zero-order chi connectivity index (χ0) is 14.3. The molecule has 3 nitrogen and oxygen atoms in total. The molecule has 1 aliphatic heterocycles. The normalized spacial score (nSPS) is 23.1. The Kier molecular flexibility index (Phi) is 3.28. The molecule has 1 aromatic carbocycles. The van der Waals surface area contributed by atoms with Gasteiger partial charge in [0.15, 0.2) is 0 Å². The van der Waals surface area contributed by atoms with Gasteiger partial charge in [0.25, 0.3) is 0 Å². The first-order valence-electron chi connectivity index (χ1n) is 7.50. The quantitative estimate of drug-likeness (QED) is 0.924. The molecule has 0 bridgehead atoms. The molecule has 2 heterocycles. The molecule has 0 radical (unpaired) electrons. The minimum Gasteiger partial charge on any atom is -0.324 e. The van der Waals surface area contributed by atoms with Crippen molar-refractivity contribution in [1.82, 2.24) is 14.9 Å². The number of hydrogen-bond acceptors (Lipinski definition) is 2. The van der Waals surface area contributed by atoms with Crippen LogP contribution in [0.4, 0.5) is 4.39 Å². The van der Waals surface area contributed by atoms with E-state index in [1.54, 1.807) is 12.1 Å². The highest BCUT2D eigenvalue weighted by Gasteiger charge is 2.38. The average Bonchev–Trinajstić information content (AvgIpc) is 3.02. The molecule has 0 aliphatic carbocycles. The number of hydrogen-bond donors (Lipinski definition) is 1. The number of imidazole rings is 1. The van der Waals surface area contributed by atoms with E-state index in [1.165, 1.54) is 12.5 Å². The highest BCUT2D eigenvalue weighted by molar-refractivity contribution is 5.76. The average molecular weight is 275 g/mol. The fourth-order valence-corrected chi connectivity index (χ4v) is 3.38. The number of rotatable bonds is 3. The number of halogens is 1. The molecule has 1 N–H and O–H groups in total. The molecule has 1 aromatic heterocycles. The Bertz CT molecular complexity index is 624. The molecule has 4 heteroatoms. The minimum absolute atomic E-state index is 0.0558. The van der Waals surface area contributed by atoms with Crippen LogP contribution in [0.25, 0.3) is 11.0 Å². The van der Waals surface area contributed by atoms with E-state index < -0.39 is 0 Å². The maximum atomic E-state index is 13.6. The van der Waals surface area contributed by atoms with Crippen molar-refractivity contribution in [3.8, 4) is 0 Å². The Balaban J connectivity index is 2.26. The topological polar surface area (TPSA) is 29.9 Å². The van der Waals surface area contributed by atoms with Crippen LogP contribution in [0.1, 0.15) is 51.9 Å². The third kappa shape index (κ3) is 1.94. The highest BCUT2D eigenvalue weighted by atomic mass is 19.1. The van der Waals surface area contributed by atoms with Gasteiger partial charge in [0.05, 0.1) is 16.6 Å². The summed E-state index contributed by atoms with van der Waals surface area (Å²) in [5.41, 5.74) is 1.73. The third-order valence-corrected chi connectivity index (χ3v) is 4.44. The second kappa shape index (κ2) is 4.85. The van der Waals surface area contributed by atoms with Crippen LogP contribution in [0.3, 0.4) is 0 Å². The molecular weight excluding hydrogens is 253 g/mol. The molecule has 1 atom stereocenters. The second-order valence-corrected chi connectivity index (χ2v) is 6.00. The molecule has 1 unspecified atom stereocenters. The van der Waals surface area contributed by atoms with Crippen molar-refractivity contribution in [2.75, 3.05) is 6.54 Å². The van der Waals surface area contributed by atoms with E-state index in [1.807, 2.05) is 0 Å². The van der Waals surface area contributed by atoms with Crippen molar-refractivity contribution in [3.63, 3.8) is 0 Å². The maximum absolute atomic E-state index is 13.6. The molecule has 0 amide bonds. The van der Waals surface area contributed by atoms with Crippen molar-refractivity contribution < 1.29 is 4.39 Å². The van der Waals surface area contributed by atoms with Gasteiger partial charge >= 0.3 is 0 Å². The summed E-state index contributed by atoms with van der Waals surface area (Å²) in [5, 5.41) is 3.63. The Hall–Kier alpha value is -1.42. The van der Waals surface area contributed by atoms with Gasteiger partial charge in [-0.3, -0.25) is 0 Å². The van der Waals surface area contributed by atoms with Crippen LogP contribution >= 0.6 is 0 Å². The Morgan fingerprint density at radius 1 is 1.45 bits per heavy atom. The van der Waals surface area contributed by atoms with Gasteiger partial charge in [-0.15, -0.1) is 0 Å². The fourth-order valence-electron chi connectivity index (χ4n) is 3.38. The Morgan fingerprint density at radius 2 is 2.25 bits per heavy atom. The van der Waals surface area contributed by atoms with E-state index in [0.29, 0.717) is 0 Å². The third-order valence-electron chi connectivity index (χ3n) is 4.44. The molecule has 2 aromatic rings. The summed E-state index contributed by atoms with van der Waals surface area (Å²) in [6, 6.07) is 5.14. The van der Waals surface area contributed by atoms with Crippen LogP contribution in [-0.2, 0) is 5.54 Å². The Morgan fingerprint density at radius 3 is 2.85 bits per heavy atom. The molecule has 20 heavy (non-hydrogen) atoms. The van der Waals surface area contributed by atoms with Crippen molar-refractivity contribution in [3.05, 3.63) is 29.8 Å². The van der Waals surface area contributed by atoms with Gasteiger partial charge in [-0.1, -0.05) is 6.92 Å². The first-order valence-corrected chi connectivity index (χ1v) is 7.50. The summed E-state index contributed by atoms with van der Waals surface area (Å²) in [4.78, 5) is 4.83. The number of nitrogens with one attached hydrogen (secondary N) is 1. The zero-order valence-electron chi connectivity index (χ0n) is 12.4. The summed E-state index contributed by atoms with van der Waals surface area (Å²) in [6.45, 7) is 7.49. The van der Waals surface area contributed by atoms with Gasteiger partial charge in [-0.25, -0.2) is 9.37 Å². The number of fused-ring (bicyclic) bond motifs is 1. The summed E-state index contributed by atoms with van der Waals surface area (Å²) in [7, 11) is 0. The van der Waals surface area contributed by atoms with Crippen LogP contribution in [0, 0.1) is 5.82 Å². The van der Waals surface area contributed by atoms with Crippen LogP contribution in [0.2, 0.25) is 0 Å². The van der Waals surface area contributed by atoms with Crippen molar-refractivity contribution in [2.24, 2.45) is 0 Å². The van der Waals surface area contributed by atoms with Gasteiger partial charge in [-0.05, 0) is 57.9 Å². The minimum atomic E-state index is -0.198. The fraction of sp³-hybridized carbons (Fsp3) is 0.562.